The molecule has 6 heteroatoms. The topological polar surface area (TPSA) is 74.3 Å². The van der Waals surface area contributed by atoms with Crippen molar-refractivity contribution in [3.05, 3.63) is 64.7 Å². The molecule has 6 nitrogen and oxygen atoms in total. The summed E-state index contributed by atoms with van der Waals surface area (Å²) in [7, 11) is 0. The third-order valence-electron chi connectivity index (χ3n) is 4.77. The fourth-order valence-electron chi connectivity index (χ4n) is 3.34. The number of ether oxygens (including phenoxy) is 1. The molecule has 3 rings (SSSR count). The van der Waals surface area contributed by atoms with Crippen LogP contribution in [-0.4, -0.2) is 28.1 Å². The molecule has 0 saturated carbocycles. The Balaban J connectivity index is 1.76. The van der Waals surface area contributed by atoms with Crippen LogP contribution in [0.4, 0.5) is 0 Å². The van der Waals surface area contributed by atoms with Crippen molar-refractivity contribution < 1.29 is 18.8 Å². The smallest absolute Gasteiger partial charge is 0.344 e. The van der Waals surface area contributed by atoms with E-state index in [4.69, 9.17) is 9.26 Å². The number of hydrogen-bond acceptors (Lipinski definition) is 5. The van der Waals surface area contributed by atoms with Crippen molar-refractivity contribution in [2.75, 3.05) is 6.61 Å². The highest BCUT2D eigenvalue weighted by Crippen LogP contribution is 2.26. The van der Waals surface area contributed by atoms with Crippen molar-refractivity contribution in [2.24, 2.45) is 0 Å². The van der Waals surface area contributed by atoms with Gasteiger partial charge in [0.2, 0.25) is 5.78 Å². The first kappa shape index (κ1) is 19.6. The van der Waals surface area contributed by atoms with Crippen molar-refractivity contribution in [1.29, 1.82) is 0 Å². The maximum atomic E-state index is 12.6. The summed E-state index contributed by atoms with van der Waals surface area (Å²) >= 11 is 0. The summed E-state index contributed by atoms with van der Waals surface area (Å²) in [5.74, 6) is -0.482. The van der Waals surface area contributed by atoms with Gasteiger partial charge in [-0.05, 0) is 33.3 Å². The molecule has 146 valence electrons. The molecule has 1 aromatic carbocycles. The van der Waals surface area contributed by atoms with Gasteiger partial charge in [0.25, 0.3) is 0 Å². The lowest BCUT2D eigenvalue weighted by atomic mass is 10.1. The summed E-state index contributed by atoms with van der Waals surface area (Å²) < 4.78 is 12.6. The van der Waals surface area contributed by atoms with Gasteiger partial charge in [-0.3, -0.25) is 4.79 Å². The normalized spacial score (nSPS) is 10.9. The molecule has 0 radical (unpaired) electrons. The predicted octanol–water partition coefficient (Wildman–Crippen LogP) is 4.52. The Morgan fingerprint density at radius 3 is 2.54 bits per heavy atom. The first-order valence-electron chi connectivity index (χ1n) is 9.32. The molecule has 0 amide bonds. The summed E-state index contributed by atoms with van der Waals surface area (Å²) in [5, 5.41) is 3.98. The van der Waals surface area contributed by atoms with Crippen molar-refractivity contribution in [3.63, 3.8) is 0 Å². The molecule has 0 fully saturated rings. The van der Waals surface area contributed by atoms with Gasteiger partial charge in [-0.25, -0.2) is 4.79 Å². The quantitative estimate of drug-likeness (QED) is 0.445. The molecule has 3 aromatic rings. The second-order valence-corrected chi connectivity index (χ2v) is 6.76. The number of ketones is 1. The predicted molar refractivity (Wildman–Crippen MR) is 105 cm³/mol. The van der Waals surface area contributed by atoms with Crippen LogP contribution >= 0.6 is 0 Å². The van der Waals surface area contributed by atoms with E-state index < -0.39 is 5.97 Å². The molecule has 0 N–H and O–H groups in total. The molecule has 28 heavy (non-hydrogen) atoms. The minimum atomic E-state index is -0.617. The largest absolute Gasteiger partial charge is 0.454 e. The Morgan fingerprint density at radius 1 is 1.14 bits per heavy atom. The fraction of sp³-hybridized carbons (Fsp3) is 0.318. The Bertz CT molecular complexity index is 999. The highest BCUT2D eigenvalue weighted by atomic mass is 16.5. The van der Waals surface area contributed by atoms with Crippen LogP contribution in [0.1, 0.15) is 51.2 Å². The highest BCUT2D eigenvalue weighted by molar-refractivity contribution is 6.02. The zero-order chi connectivity index (χ0) is 20.3. The number of carbonyl (C=O) groups is 2. The Hall–Kier alpha value is -3.15. The van der Waals surface area contributed by atoms with Crippen molar-refractivity contribution in [3.8, 4) is 11.3 Å². The average Bonchev–Trinajstić information content (AvgIpc) is 3.21. The molecule has 0 atom stereocenters. The lowest BCUT2D eigenvalue weighted by molar-refractivity contribution is 0.0473. The van der Waals surface area contributed by atoms with Gasteiger partial charge in [0.15, 0.2) is 6.61 Å². The van der Waals surface area contributed by atoms with E-state index in [2.05, 4.69) is 16.6 Å². The zero-order valence-corrected chi connectivity index (χ0v) is 16.6. The zero-order valence-electron chi connectivity index (χ0n) is 16.6. The Labute approximate surface area is 164 Å². The van der Waals surface area contributed by atoms with Gasteiger partial charge < -0.3 is 13.8 Å². The lowest BCUT2D eigenvalue weighted by Gasteiger charge is -2.08. The fourth-order valence-corrected chi connectivity index (χ4v) is 3.34. The van der Waals surface area contributed by atoms with Crippen LogP contribution < -0.4 is 0 Å². The first-order valence-corrected chi connectivity index (χ1v) is 9.32. The number of Topliss-reactive ketones (excluding diaryl/α,β-unsaturated/α-hetero) is 1. The minimum absolute atomic E-state index is 0.223. The van der Waals surface area contributed by atoms with Crippen LogP contribution in [0.2, 0.25) is 0 Å². The van der Waals surface area contributed by atoms with E-state index >= 15 is 0 Å². The van der Waals surface area contributed by atoms with Crippen molar-refractivity contribution in [1.82, 2.24) is 9.72 Å². The summed E-state index contributed by atoms with van der Waals surface area (Å²) in [4.78, 5) is 25.3. The van der Waals surface area contributed by atoms with Crippen LogP contribution in [0, 0.1) is 20.8 Å². The summed E-state index contributed by atoms with van der Waals surface area (Å²) in [6.45, 7) is 8.15. The second-order valence-electron chi connectivity index (χ2n) is 6.76. The molecular formula is C22H24N2O4. The number of aromatic nitrogens is 2. The summed E-state index contributed by atoms with van der Waals surface area (Å²) in [5.41, 5.74) is 3.92. The SMILES string of the molecule is CCCn1c(C)cc(C(=O)COC(=O)c2c(-c3ccccc3)noc2C)c1C. The molecular weight excluding hydrogens is 356 g/mol. The molecule has 0 aliphatic carbocycles. The number of benzene rings is 1. The van der Waals surface area contributed by atoms with Gasteiger partial charge in [0.05, 0.1) is 0 Å². The van der Waals surface area contributed by atoms with Crippen molar-refractivity contribution >= 4 is 11.8 Å². The van der Waals surface area contributed by atoms with E-state index in [-0.39, 0.29) is 18.0 Å². The standard InChI is InChI=1S/C22H24N2O4/c1-5-11-24-14(2)12-18(15(24)3)19(25)13-27-22(26)20-16(4)28-23-21(20)17-9-7-6-8-10-17/h6-10,12H,5,11,13H2,1-4H3. The van der Waals surface area contributed by atoms with Gasteiger partial charge >= 0.3 is 5.97 Å². The molecule has 2 aromatic heterocycles. The van der Waals surface area contributed by atoms with E-state index in [1.54, 1.807) is 6.92 Å². The Kier molecular flexibility index (Phi) is 5.78. The third-order valence-corrected chi connectivity index (χ3v) is 4.77. The van der Waals surface area contributed by atoms with Crippen LogP contribution in [-0.2, 0) is 11.3 Å². The van der Waals surface area contributed by atoms with Crippen molar-refractivity contribution in [2.45, 2.75) is 40.7 Å². The molecule has 2 heterocycles. The van der Waals surface area contributed by atoms with Gasteiger partial charge in [0, 0.05) is 29.1 Å². The molecule has 0 aliphatic rings. The average molecular weight is 380 g/mol. The maximum Gasteiger partial charge on any atom is 0.344 e. The monoisotopic (exact) mass is 380 g/mol. The number of rotatable bonds is 7. The number of hydrogen-bond donors (Lipinski definition) is 0. The van der Waals surface area contributed by atoms with E-state index in [0.29, 0.717) is 17.0 Å². The second kappa shape index (κ2) is 8.25. The van der Waals surface area contributed by atoms with E-state index in [1.807, 2.05) is 50.2 Å². The molecule has 0 aliphatic heterocycles. The number of aryl methyl sites for hydroxylation is 2. The van der Waals surface area contributed by atoms with E-state index in [9.17, 15) is 9.59 Å². The van der Waals surface area contributed by atoms with Crippen LogP contribution in [0.25, 0.3) is 11.3 Å². The number of carbonyl (C=O) groups excluding carboxylic acids is 2. The van der Waals surface area contributed by atoms with Gasteiger partial charge in [-0.15, -0.1) is 0 Å². The highest BCUT2D eigenvalue weighted by Gasteiger charge is 2.24. The minimum Gasteiger partial charge on any atom is -0.454 e. The van der Waals surface area contributed by atoms with E-state index in [0.717, 1.165) is 29.9 Å². The first-order chi connectivity index (χ1) is 13.4. The summed E-state index contributed by atoms with van der Waals surface area (Å²) in [6.07, 6.45) is 0.980. The lowest BCUT2D eigenvalue weighted by Crippen LogP contribution is -2.16. The number of esters is 1. The van der Waals surface area contributed by atoms with Crippen LogP contribution in [0.3, 0.4) is 0 Å². The van der Waals surface area contributed by atoms with Crippen LogP contribution in [0.5, 0.6) is 0 Å². The Morgan fingerprint density at radius 2 is 1.86 bits per heavy atom. The van der Waals surface area contributed by atoms with Gasteiger partial charge in [-0.1, -0.05) is 42.4 Å². The third kappa shape index (κ3) is 3.76. The van der Waals surface area contributed by atoms with Gasteiger partial charge in [0.1, 0.15) is 17.0 Å². The molecule has 0 spiro atoms. The number of nitrogens with zero attached hydrogens (tertiary/aromatic N) is 2. The molecule has 0 saturated heterocycles. The van der Waals surface area contributed by atoms with E-state index in [1.165, 1.54) is 0 Å². The van der Waals surface area contributed by atoms with Gasteiger partial charge in [-0.2, -0.15) is 0 Å². The molecule has 0 unspecified atom stereocenters. The summed E-state index contributed by atoms with van der Waals surface area (Å²) in [6, 6.07) is 11.1. The van der Waals surface area contributed by atoms with Crippen LogP contribution in [0.15, 0.2) is 40.9 Å². The molecule has 0 bridgehead atoms. The maximum absolute atomic E-state index is 12.6.